The Morgan fingerprint density at radius 3 is 2.49 bits per heavy atom. The number of hydrogen-bond acceptors (Lipinski definition) is 6. The highest BCUT2D eigenvalue weighted by molar-refractivity contribution is 5.96. The van der Waals surface area contributed by atoms with Crippen LogP contribution in [-0.4, -0.2) is 78.2 Å². The minimum Gasteiger partial charge on any atom is -0.497 e. The maximum atomic E-state index is 13.0. The third-order valence-electron chi connectivity index (χ3n) is 6.20. The van der Waals surface area contributed by atoms with Gasteiger partial charge in [0.2, 0.25) is 5.91 Å². The van der Waals surface area contributed by atoms with Gasteiger partial charge in [0.05, 0.1) is 12.8 Å². The first-order valence-corrected chi connectivity index (χ1v) is 11.9. The van der Waals surface area contributed by atoms with Gasteiger partial charge < -0.3 is 19.4 Å². The second-order valence-electron chi connectivity index (χ2n) is 8.42. The van der Waals surface area contributed by atoms with Gasteiger partial charge in [-0.3, -0.25) is 9.59 Å². The maximum Gasteiger partial charge on any atom is 0.254 e. The van der Waals surface area contributed by atoms with Gasteiger partial charge in [0, 0.05) is 43.9 Å². The van der Waals surface area contributed by atoms with E-state index in [0.29, 0.717) is 31.7 Å². The number of anilines is 1. The second kappa shape index (κ2) is 11.5. The van der Waals surface area contributed by atoms with Crippen LogP contribution < -0.4 is 9.64 Å². The van der Waals surface area contributed by atoms with E-state index in [-0.39, 0.29) is 18.4 Å². The van der Waals surface area contributed by atoms with Crippen LogP contribution in [0.5, 0.6) is 5.75 Å². The van der Waals surface area contributed by atoms with Crippen LogP contribution in [0.3, 0.4) is 0 Å². The lowest BCUT2D eigenvalue weighted by molar-refractivity contribution is -0.131. The molecule has 0 radical (unpaired) electrons. The first kappa shape index (κ1) is 24.2. The van der Waals surface area contributed by atoms with Crippen LogP contribution in [0.2, 0.25) is 0 Å². The minimum absolute atomic E-state index is 0.0301. The number of nitrogens with zero attached hydrogens (tertiary/aromatic N) is 5. The average molecular weight is 474 g/mol. The Bertz CT molecular complexity index is 1140. The van der Waals surface area contributed by atoms with Crippen molar-refractivity contribution in [3.05, 3.63) is 72.3 Å². The van der Waals surface area contributed by atoms with E-state index < -0.39 is 0 Å². The van der Waals surface area contributed by atoms with Crippen LogP contribution in [0, 0.1) is 0 Å². The summed E-state index contributed by atoms with van der Waals surface area (Å²) in [7, 11) is 1.64. The number of aromatic nitrogens is 2. The molecule has 4 rings (SSSR count). The van der Waals surface area contributed by atoms with E-state index in [4.69, 9.17) is 4.74 Å². The van der Waals surface area contributed by atoms with Crippen molar-refractivity contribution in [2.24, 2.45) is 0 Å². The van der Waals surface area contributed by atoms with Crippen LogP contribution in [-0.2, 0) is 4.79 Å². The van der Waals surface area contributed by atoms with Crippen LogP contribution in [0.4, 0.5) is 5.82 Å². The fourth-order valence-electron chi connectivity index (χ4n) is 4.18. The molecule has 0 saturated carbocycles. The molecule has 35 heavy (non-hydrogen) atoms. The molecular weight excluding hydrogens is 442 g/mol. The number of ether oxygens (including phenoxy) is 1. The molecule has 182 valence electrons. The molecule has 8 nitrogen and oxygen atoms in total. The summed E-state index contributed by atoms with van der Waals surface area (Å²) in [5.74, 6) is 1.42. The van der Waals surface area contributed by atoms with E-state index in [0.717, 1.165) is 35.8 Å². The summed E-state index contributed by atoms with van der Waals surface area (Å²) < 4.78 is 5.29. The monoisotopic (exact) mass is 473 g/mol. The molecule has 2 heterocycles. The number of carbonyl (C=O) groups excluding carboxylic acids is 2. The highest BCUT2D eigenvalue weighted by Crippen LogP contribution is 2.23. The Morgan fingerprint density at radius 2 is 1.77 bits per heavy atom. The lowest BCUT2D eigenvalue weighted by atomic mass is 10.1. The minimum atomic E-state index is -0.121. The van der Waals surface area contributed by atoms with Crippen molar-refractivity contribution in [3.63, 3.8) is 0 Å². The molecule has 0 unspecified atom stereocenters. The molecule has 1 aliphatic heterocycles. The van der Waals surface area contributed by atoms with Crippen molar-refractivity contribution in [3.8, 4) is 17.0 Å². The standard InChI is InChI=1S/C27H31N5O3/c1-3-30(27(34)21-9-5-4-6-10-21)20-26(33)32-16-8-15-31(17-18-32)25-14-13-24(28-29-25)22-11-7-12-23(19-22)35-2/h4-7,9-14,19H,3,8,15-18,20H2,1-2H3. The molecule has 3 aromatic rings. The van der Waals surface area contributed by atoms with E-state index in [1.54, 1.807) is 24.1 Å². The van der Waals surface area contributed by atoms with Crippen LogP contribution in [0.15, 0.2) is 66.7 Å². The Kier molecular flexibility index (Phi) is 7.92. The van der Waals surface area contributed by atoms with E-state index in [1.165, 1.54) is 0 Å². The van der Waals surface area contributed by atoms with Crippen molar-refractivity contribution in [2.45, 2.75) is 13.3 Å². The summed E-state index contributed by atoms with van der Waals surface area (Å²) >= 11 is 0. The Hall–Kier alpha value is -3.94. The third kappa shape index (κ3) is 5.95. The quantitative estimate of drug-likeness (QED) is 0.524. The number of benzene rings is 2. The molecule has 0 spiro atoms. The van der Waals surface area contributed by atoms with Crippen molar-refractivity contribution in [2.75, 3.05) is 51.3 Å². The second-order valence-corrected chi connectivity index (χ2v) is 8.42. The van der Waals surface area contributed by atoms with Gasteiger partial charge in [0.1, 0.15) is 12.3 Å². The van der Waals surface area contributed by atoms with Gasteiger partial charge in [-0.05, 0) is 49.7 Å². The summed E-state index contributed by atoms with van der Waals surface area (Å²) in [6.45, 7) is 5.14. The highest BCUT2D eigenvalue weighted by atomic mass is 16.5. The predicted molar refractivity (Wildman–Crippen MR) is 135 cm³/mol. The molecular formula is C27H31N5O3. The van der Waals surface area contributed by atoms with Gasteiger partial charge in [-0.15, -0.1) is 10.2 Å². The number of carbonyl (C=O) groups is 2. The lowest BCUT2D eigenvalue weighted by Crippen LogP contribution is -2.44. The number of methoxy groups -OCH3 is 1. The van der Waals surface area contributed by atoms with Crippen molar-refractivity contribution in [1.82, 2.24) is 20.0 Å². The van der Waals surface area contributed by atoms with Crippen molar-refractivity contribution < 1.29 is 14.3 Å². The van der Waals surface area contributed by atoms with Crippen LogP contribution >= 0.6 is 0 Å². The first-order valence-electron chi connectivity index (χ1n) is 11.9. The van der Waals surface area contributed by atoms with E-state index in [1.807, 2.05) is 66.4 Å². The van der Waals surface area contributed by atoms with Gasteiger partial charge in [-0.1, -0.05) is 30.3 Å². The molecule has 0 atom stereocenters. The molecule has 0 N–H and O–H groups in total. The smallest absolute Gasteiger partial charge is 0.254 e. The fraction of sp³-hybridized carbons (Fsp3) is 0.333. The first-order chi connectivity index (χ1) is 17.1. The Labute approximate surface area is 206 Å². The molecule has 2 amide bonds. The lowest BCUT2D eigenvalue weighted by Gasteiger charge is -2.26. The number of amides is 2. The summed E-state index contributed by atoms with van der Waals surface area (Å²) in [6, 6.07) is 20.7. The third-order valence-corrected chi connectivity index (χ3v) is 6.20. The number of likely N-dealkylation sites (N-methyl/N-ethyl adjacent to an activating group) is 1. The molecule has 8 heteroatoms. The zero-order valence-electron chi connectivity index (χ0n) is 20.3. The molecule has 1 saturated heterocycles. The SMILES string of the molecule is CCN(CC(=O)N1CCCN(c2ccc(-c3cccc(OC)c3)nn2)CC1)C(=O)c1ccccc1. The molecule has 0 bridgehead atoms. The zero-order valence-corrected chi connectivity index (χ0v) is 20.3. The topological polar surface area (TPSA) is 78.9 Å². The van der Waals surface area contributed by atoms with E-state index >= 15 is 0 Å². The molecule has 2 aromatic carbocycles. The van der Waals surface area contributed by atoms with Gasteiger partial charge >= 0.3 is 0 Å². The van der Waals surface area contributed by atoms with Gasteiger partial charge in [0.25, 0.3) is 5.91 Å². The van der Waals surface area contributed by atoms with Gasteiger partial charge in [0.15, 0.2) is 5.82 Å². The van der Waals surface area contributed by atoms with Crippen molar-refractivity contribution in [1.29, 1.82) is 0 Å². The van der Waals surface area contributed by atoms with E-state index in [2.05, 4.69) is 15.1 Å². The van der Waals surface area contributed by atoms with Crippen LogP contribution in [0.25, 0.3) is 11.3 Å². The fourth-order valence-corrected chi connectivity index (χ4v) is 4.18. The summed E-state index contributed by atoms with van der Waals surface area (Å²) in [5, 5.41) is 8.85. The molecule has 1 aromatic heterocycles. The highest BCUT2D eigenvalue weighted by Gasteiger charge is 2.24. The number of rotatable bonds is 7. The van der Waals surface area contributed by atoms with Gasteiger partial charge in [-0.2, -0.15) is 0 Å². The van der Waals surface area contributed by atoms with Crippen molar-refractivity contribution >= 4 is 17.6 Å². The van der Waals surface area contributed by atoms with E-state index in [9.17, 15) is 9.59 Å². The normalized spacial score (nSPS) is 13.8. The summed E-state index contributed by atoms with van der Waals surface area (Å²) in [6.07, 6.45) is 0.823. The molecule has 1 fully saturated rings. The molecule has 1 aliphatic rings. The average Bonchev–Trinajstić information content (AvgIpc) is 3.18. The Balaban J connectivity index is 1.36. The molecule has 0 aliphatic carbocycles. The Morgan fingerprint density at radius 1 is 0.943 bits per heavy atom. The number of hydrogen-bond donors (Lipinski definition) is 0. The zero-order chi connectivity index (χ0) is 24.6. The van der Waals surface area contributed by atoms with Crippen LogP contribution in [0.1, 0.15) is 23.7 Å². The summed E-state index contributed by atoms with van der Waals surface area (Å²) in [4.78, 5) is 31.4. The maximum absolute atomic E-state index is 13.0. The summed E-state index contributed by atoms with van der Waals surface area (Å²) in [5.41, 5.74) is 2.32. The largest absolute Gasteiger partial charge is 0.497 e. The van der Waals surface area contributed by atoms with Gasteiger partial charge in [-0.25, -0.2) is 0 Å². The predicted octanol–water partition coefficient (Wildman–Crippen LogP) is 3.35.